The Hall–Kier alpha value is -1.92. The van der Waals surface area contributed by atoms with E-state index in [0.717, 1.165) is 0 Å². The number of rotatable bonds is 4. The molecule has 1 heterocycles. The van der Waals surface area contributed by atoms with Gasteiger partial charge in [0.05, 0.1) is 4.92 Å². The molecular formula is C14H17NO5. The van der Waals surface area contributed by atoms with Crippen LogP contribution in [0.3, 0.4) is 0 Å². The monoisotopic (exact) mass is 279 g/mol. The number of nitrogens with zero attached hydrogens (tertiary/aromatic N) is 1. The number of fused-ring (bicyclic) bond motifs is 1. The summed E-state index contributed by atoms with van der Waals surface area (Å²) in [6, 6.07) is 3.17. The minimum atomic E-state index is -0.779. The summed E-state index contributed by atoms with van der Waals surface area (Å²) in [5.74, 6) is 0.581. The molecule has 108 valence electrons. The molecule has 1 aliphatic rings. The molecule has 20 heavy (non-hydrogen) atoms. The quantitative estimate of drug-likeness (QED) is 0.481. The maximum absolute atomic E-state index is 10.9. The van der Waals surface area contributed by atoms with Gasteiger partial charge in [0.2, 0.25) is 6.29 Å². The lowest BCUT2D eigenvalue weighted by Crippen LogP contribution is -2.46. The first-order chi connectivity index (χ1) is 9.41. The maximum Gasteiger partial charge on any atom is 0.273 e. The van der Waals surface area contributed by atoms with Gasteiger partial charge in [-0.1, -0.05) is 6.08 Å². The van der Waals surface area contributed by atoms with Gasteiger partial charge in [-0.05, 0) is 26.0 Å². The van der Waals surface area contributed by atoms with E-state index in [-0.39, 0.29) is 5.69 Å². The third-order valence-corrected chi connectivity index (χ3v) is 3.34. The second kappa shape index (κ2) is 5.22. The number of ether oxygens (including phenoxy) is 3. The maximum atomic E-state index is 10.9. The van der Waals surface area contributed by atoms with Crippen LogP contribution in [0.25, 0.3) is 6.08 Å². The lowest BCUT2D eigenvalue weighted by molar-refractivity contribution is -0.385. The molecule has 1 aliphatic heterocycles. The van der Waals surface area contributed by atoms with Gasteiger partial charge in [0.15, 0.2) is 5.60 Å². The summed E-state index contributed by atoms with van der Waals surface area (Å²) in [4.78, 5) is 10.5. The van der Waals surface area contributed by atoms with Crippen LogP contribution in [-0.4, -0.2) is 31.0 Å². The molecule has 6 heteroatoms. The smallest absolute Gasteiger partial charge is 0.273 e. The lowest BCUT2D eigenvalue weighted by Gasteiger charge is -2.36. The molecule has 0 spiro atoms. The number of methoxy groups -OCH3 is 2. The Balaban J connectivity index is 2.42. The third kappa shape index (κ3) is 2.39. The van der Waals surface area contributed by atoms with Crippen LogP contribution in [-0.2, 0) is 9.47 Å². The fraction of sp³-hybridized carbons (Fsp3) is 0.429. The first kappa shape index (κ1) is 14.5. The first-order valence-electron chi connectivity index (χ1n) is 6.14. The summed E-state index contributed by atoms with van der Waals surface area (Å²) >= 11 is 0. The highest BCUT2D eigenvalue weighted by Crippen LogP contribution is 2.37. The molecule has 0 aliphatic carbocycles. The van der Waals surface area contributed by atoms with Crippen LogP contribution in [0.5, 0.6) is 5.75 Å². The van der Waals surface area contributed by atoms with E-state index in [0.29, 0.717) is 16.9 Å². The summed E-state index contributed by atoms with van der Waals surface area (Å²) in [6.45, 7) is 3.52. The summed E-state index contributed by atoms with van der Waals surface area (Å²) in [5, 5.41) is 10.9. The van der Waals surface area contributed by atoms with Gasteiger partial charge < -0.3 is 14.2 Å². The van der Waals surface area contributed by atoms with Crippen molar-refractivity contribution in [3.8, 4) is 5.75 Å². The van der Waals surface area contributed by atoms with Crippen molar-refractivity contribution in [3.05, 3.63) is 39.4 Å². The van der Waals surface area contributed by atoms with Crippen LogP contribution in [0, 0.1) is 17.0 Å². The predicted molar refractivity (Wildman–Crippen MR) is 73.7 cm³/mol. The molecule has 0 saturated carbocycles. The van der Waals surface area contributed by atoms with E-state index < -0.39 is 16.8 Å². The van der Waals surface area contributed by atoms with E-state index in [1.807, 2.05) is 6.92 Å². The van der Waals surface area contributed by atoms with E-state index in [2.05, 4.69) is 0 Å². The second-order valence-electron chi connectivity index (χ2n) is 4.86. The number of hydrogen-bond donors (Lipinski definition) is 0. The van der Waals surface area contributed by atoms with Gasteiger partial charge in [0, 0.05) is 31.4 Å². The topological polar surface area (TPSA) is 70.8 Å². The zero-order valence-electron chi connectivity index (χ0n) is 11.9. The molecule has 0 bridgehead atoms. The number of nitro benzene ring substituents is 1. The molecule has 6 nitrogen and oxygen atoms in total. The Bertz CT molecular complexity index is 565. The van der Waals surface area contributed by atoms with Gasteiger partial charge in [-0.3, -0.25) is 10.1 Å². The highest BCUT2D eigenvalue weighted by Gasteiger charge is 2.37. The molecule has 2 rings (SSSR count). The van der Waals surface area contributed by atoms with E-state index in [9.17, 15) is 10.1 Å². The van der Waals surface area contributed by atoms with E-state index >= 15 is 0 Å². The highest BCUT2D eigenvalue weighted by molar-refractivity contribution is 5.66. The minimum absolute atomic E-state index is 0.0793. The van der Waals surface area contributed by atoms with Crippen molar-refractivity contribution in [1.82, 2.24) is 0 Å². The van der Waals surface area contributed by atoms with Crippen molar-refractivity contribution >= 4 is 11.8 Å². The van der Waals surface area contributed by atoms with E-state index in [1.54, 1.807) is 25.1 Å². The van der Waals surface area contributed by atoms with Crippen molar-refractivity contribution in [2.75, 3.05) is 14.2 Å². The van der Waals surface area contributed by atoms with Gasteiger partial charge in [-0.15, -0.1) is 0 Å². The number of aryl methyl sites for hydroxylation is 1. The van der Waals surface area contributed by atoms with Crippen molar-refractivity contribution in [2.24, 2.45) is 0 Å². The average Bonchev–Trinajstić information content (AvgIpc) is 2.38. The van der Waals surface area contributed by atoms with Gasteiger partial charge in [0.25, 0.3) is 5.69 Å². The van der Waals surface area contributed by atoms with Crippen molar-refractivity contribution in [1.29, 1.82) is 0 Å². The molecule has 1 aromatic rings. The van der Waals surface area contributed by atoms with Crippen LogP contribution >= 0.6 is 0 Å². The Morgan fingerprint density at radius 1 is 1.35 bits per heavy atom. The van der Waals surface area contributed by atoms with Crippen molar-refractivity contribution in [3.63, 3.8) is 0 Å². The van der Waals surface area contributed by atoms with Gasteiger partial charge in [0.1, 0.15) is 5.75 Å². The van der Waals surface area contributed by atoms with E-state index in [1.165, 1.54) is 20.3 Å². The minimum Gasteiger partial charge on any atom is -0.477 e. The van der Waals surface area contributed by atoms with Crippen molar-refractivity contribution < 1.29 is 19.1 Å². The molecule has 1 unspecified atom stereocenters. The standard InChI is InChI=1S/C14H17NO5/c1-9-7-12-10(8-11(9)15(16)17)5-6-14(2,20-12)13(18-3)19-4/h5-8,13H,1-4H3. The zero-order chi connectivity index (χ0) is 14.9. The van der Waals surface area contributed by atoms with Crippen LogP contribution < -0.4 is 4.74 Å². The van der Waals surface area contributed by atoms with Crippen LogP contribution in [0.1, 0.15) is 18.1 Å². The normalized spacial score (nSPS) is 20.6. The Kier molecular flexibility index (Phi) is 3.78. The molecule has 0 fully saturated rings. The predicted octanol–water partition coefficient (Wildman–Crippen LogP) is 2.69. The van der Waals surface area contributed by atoms with Gasteiger partial charge in [-0.25, -0.2) is 0 Å². The van der Waals surface area contributed by atoms with E-state index in [4.69, 9.17) is 14.2 Å². The largest absolute Gasteiger partial charge is 0.477 e. The van der Waals surface area contributed by atoms with Gasteiger partial charge in [-0.2, -0.15) is 0 Å². The summed E-state index contributed by atoms with van der Waals surface area (Å²) < 4.78 is 16.4. The molecule has 0 saturated heterocycles. The van der Waals surface area contributed by atoms with Gasteiger partial charge >= 0.3 is 0 Å². The summed E-state index contributed by atoms with van der Waals surface area (Å²) in [5.41, 5.74) is 0.526. The zero-order valence-corrected chi connectivity index (χ0v) is 11.9. The van der Waals surface area contributed by atoms with Crippen molar-refractivity contribution in [2.45, 2.75) is 25.7 Å². The van der Waals surface area contributed by atoms with Crippen LogP contribution in [0.4, 0.5) is 5.69 Å². The average molecular weight is 279 g/mol. The number of hydrogen-bond acceptors (Lipinski definition) is 5. The molecular weight excluding hydrogens is 262 g/mol. The number of nitro groups is 1. The molecule has 0 aromatic heterocycles. The summed E-state index contributed by atoms with van der Waals surface area (Å²) in [6.07, 6.45) is 3.00. The third-order valence-electron chi connectivity index (χ3n) is 3.34. The fourth-order valence-corrected chi connectivity index (χ4v) is 2.32. The van der Waals surface area contributed by atoms with Crippen LogP contribution in [0.15, 0.2) is 18.2 Å². The molecule has 0 radical (unpaired) electrons. The molecule has 1 atom stereocenters. The highest BCUT2D eigenvalue weighted by atomic mass is 16.7. The SMILES string of the molecule is COC(OC)C1(C)C=Cc2cc([N+](=O)[O-])c(C)cc2O1. The summed E-state index contributed by atoms with van der Waals surface area (Å²) in [7, 11) is 3.07. The molecule has 1 aromatic carbocycles. The Labute approximate surface area is 117 Å². The molecule has 0 N–H and O–H groups in total. The Morgan fingerprint density at radius 2 is 2.00 bits per heavy atom. The molecule has 0 amide bonds. The number of benzene rings is 1. The fourth-order valence-electron chi connectivity index (χ4n) is 2.32. The van der Waals surface area contributed by atoms with Crippen LogP contribution in [0.2, 0.25) is 0 Å². The first-order valence-corrected chi connectivity index (χ1v) is 6.14. The lowest BCUT2D eigenvalue weighted by atomic mass is 9.98. The Morgan fingerprint density at radius 3 is 2.55 bits per heavy atom. The second-order valence-corrected chi connectivity index (χ2v) is 4.86.